The molecule has 0 unspecified atom stereocenters. The lowest BCUT2D eigenvalue weighted by Gasteiger charge is -2.34. The van der Waals surface area contributed by atoms with E-state index < -0.39 is 8.32 Å². The summed E-state index contributed by atoms with van der Waals surface area (Å²) >= 11 is 0. The van der Waals surface area contributed by atoms with Gasteiger partial charge in [0.2, 0.25) is 0 Å². The van der Waals surface area contributed by atoms with Gasteiger partial charge in [0.05, 0.1) is 26.2 Å². The lowest BCUT2D eigenvalue weighted by molar-refractivity contribution is -0.921. The second-order valence-electron chi connectivity index (χ2n) is 4.72. The number of hydrogen-bond donors (Lipinski definition) is 0. The van der Waals surface area contributed by atoms with Gasteiger partial charge in [0.1, 0.15) is 0 Å². The highest BCUT2D eigenvalue weighted by Gasteiger charge is 2.16. The van der Waals surface area contributed by atoms with E-state index in [1.165, 1.54) is 30.7 Å². The molecule has 0 rings (SSSR count). The average molecular weight is 219 g/mol. The van der Waals surface area contributed by atoms with E-state index in [1.807, 2.05) is 0 Å². The molecule has 0 N–H and O–H groups in total. The summed E-state index contributed by atoms with van der Waals surface area (Å²) in [7, 11) is -1.86. The quantitative estimate of drug-likeness (QED) is 0.524. The van der Waals surface area contributed by atoms with E-state index in [0.717, 1.165) is 0 Å². The minimum Gasteiger partial charge on any atom is -0.859 e. The number of hydrogen-bond acceptors (Lipinski definition) is 1. The molecule has 0 aromatic heterocycles. The molecular weight excluding hydrogens is 190 g/mol. The fraction of sp³-hybridized carbons (Fsp3) is 1.00. The summed E-state index contributed by atoms with van der Waals surface area (Å²) in [5.41, 5.74) is 0. The van der Waals surface area contributed by atoms with Crippen LogP contribution in [0.1, 0.15) is 27.7 Å². The van der Waals surface area contributed by atoms with Crippen molar-refractivity contribution in [3.8, 4) is 0 Å². The largest absolute Gasteiger partial charge is 0.859 e. The van der Waals surface area contributed by atoms with Gasteiger partial charge in [-0.05, 0) is 27.7 Å². The molecule has 0 atom stereocenters. The van der Waals surface area contributed by atoms with E-state index in [-0.39, 0.29) is 0 Å². The third-order valence-electron chi connectivity index (χ3n) is 2.68. The summed E-state index contributed by atoms with van der Waals surface area (Å²) < 4.78 is 1.28. The molecule has 0 radical (unpaired) electrons. The lowest BCUT2D eigenvalue weighted by atomic mass is 10.3. The predicted molar refractivity (Wildman–Crippen MR) is 65.8 cm³/mol. The van der Waals surface area contributed by atoms with Crippen molar-refractivity contribution in [1.82, 2.24) is 0 Å². The van der Waals surface area contributed by atoms with Crippen LogP contribution in [0, 0.1) is 0 Å². The maximum Gasteiger partial charge on any atom is 0.0757 e. The van der Waals surface area contributed by atoms with Crippen molar-refractivity contribution >= 4 is 8.32 Å². The van der Waals surface area contributed by atoms with Crippen molar-refractivity contribution in [3.63, 3.8) is 0 Å². The smallest absolute Gasteiger partial charge is 0.0757 e. The summed E-state index contributed by atoms with van der Waals surface area (Å²) in [6, 6.07) is 0. The van der Waals surface area contributed by atoms with Gasteiger partial charge >= 0.3 is 0 Å². The van der Waals surface area contributed by atoms with Crippen LogP contribution in [0.5, 0.6) is 0 Å². The molecule has 0 heterocycles. The average Bonchev–Trinajstić information content (AvgIpc) is 2.07. The fourth-order valence-corrected chi connectivity index (χ4v) is 1.34. The minimum atomic E-state index is -1.86. The molecule has 88 valence electrons. The zero-order chi connectivity index (χ0) is 11.8. The van der Waals surface area contributed by atoms with Gasteiger partial charge in [0, 0.05) is 0 Å². The van der Waals surface area contributed by atoms with Crippen LogP contribution in [0.4, 0.5) is 0 Å². The van der Waals surface area contributed by atoms with Gasteiger partial charge in [-0.1, -0.05) is 28.0 Å². The molecule has 3 heteroatoms. The maximum atomic E-state index is 10.2. The number of quaternary nitrogens is 1. The molecule has 0 spiro atoms. The molecule has 0 amide bonds. The number of nitrogens with zero attached hydrogens (tertiary/aromatic N) is 1. The van der Waals surface area contributed by atoms with E-state index in [0.29, 0.717) is 0 Å². The molecule has 0 aromatic carbocycles. The van der Waals surface area contributed by atoms with E-state index in [2.05, 4.69) is 27.7 Å². The first kappa shape index (κ1) is 16.6. The molecule has 2 nitrogen and oxygen atoms in total. The summed E-state index contributed by atoms with van der Waals surface area (Å²) in [5.74, 6) is 0. The van der Waals surface area contributed by atoms with E-state index in [4.69, 9.17) is 0 Å². The Labute approximate surface area is 91.7 Å². The molecule has 0 fully saturated rings. The van der Waals surface area contributed by atoms with E-state index >= 15 is 0 Å². The Morgan fingerprint density at radius 2 is 0.929 bits per heavy atom. The van der Waals surface area contributed by atoms with Crippen LogP contribution in [-0.2, 0) is 0 Å². The Morgan fingerprint density at radius 1 is 0.786 bits per heavy atom. The summed E-state index contributed by atoms with van der Waals surface area (Å²) in [4.78, 5) is 10.2. The van der Waals surface area contributed by atoms with Crippen LogP contribution in [-0.4, -0.2) is 39.0 Å². The Balaban J connectivity index is 0. The summed E-state index contributed by atoms with van der Waals surface area (Å²) in [6.45, 7) is 19.5. The first-order chi connectivity index (χ1) is 6.24. The van der Waals surface area contributed by atoms with Crippen LogP contribution in [0.25, 0.3) is 0 Å². The fourth-order valence-electron chi connectivity index (χ4n) is 1.34. The maximum absolute atomic E-state index is 10.2. The zero-order valence-corrected chi connectivity index (χ0v) is 12.2. The van der Waals surface area contributed by atoms with Crippen LogP contribution < -0.4 is 4.80 Å². The molecule has 0 aliphatic carbocycles. The SMILES string of the molecule is CC[N+](CC)(CC)CC.C[Si](C)(C)[O-]. The molecular formula is C11H29NOSi. The van der Waals surface area contributed by atoms with E-state index in [1.54, 1.807) is 19.6 Å². The topological polar surface area (TPSA) is 23.1 Å². The van der Waals surface area contributed by atoms with Crippen molar-refractivity contribution in [2.24, 2.45) is 0 Å². The minimum absolute atomic E-state index is 1.28. The van der Waals surface area contributed by atoms with Crippen LogP contribution in [0.3, 0.4) is 0 Å². The van der Waals surface area contributed by atoms with Gasteiger partial charge in [-0.3, -0.25) is 0 Å². The van der Waals surface area contributed by atoms with E-state index in [9.17, 15) is 4.80 Å². The van der Waals surface area contributed by atoms with Gasteiger partial charge in [-0.25, -0.2) is 0 Å². The third kappa shape index (κ3) is 10.2. The van der Waals surface area contributed by atoms with Crippen molar-refractivity contribution < 1.29 is 9.28 Å². The predicted octanol–water partition coefficient (Wildman–Crippen LogP) is 2.06. The lowest BCUT2D eigenvalue weighted by Crippen LogP contribution is -2.47. The van der Waals surface area contributed by atoms with Gasteiger partial charge in [0.15, 0.2) is 0 Å². The van der Waals surface area contributed by atoms with Crippen LogP contribution in [0.15, 0.2) is 0 Å². The van der Waals surface area contributed by atoms with Crippen molar-refractivity contribution in [3.05, 3.63) is 0 Å². The highest BCUT2D eigenvalue weighted by Crippen LogP contribution is 2.03. The van der Waals surface area contributed by atoms with Crippen LogP contribution >= 0.6 is 0 Å². The molecule has 0 aliphatic heterocycles. The van der Waals surface area contributed by atoms with Crippen molar-refractivity contribution in [1.29, 1.82) is 0 Å². The first-order valence-electron chi connectivity index (χ1n) is 5.80. The third-order valence-corrected chi connectivity index (χ3v) is 2.68. The Bertz CT molecular complexity index is 104. The van der Waals surface area contributed by atoms with Gasteiger partial charge in [0.25, 0.3) is 0 Å². The second kappa shape index (κ2) is 7.43. The molecule has 0 aliphatic rings. The first-order valence-corrected chi connectivity index (χ1v) is 9.21. The van der Waals surface area contributed by atoms with Gasteiger partial charge in [-0.2, -0.15) is 0 Å². The van der Waals surface area contributed by atoms with Crippen LogP contribution in [0.2, 0.25) is 19.6 Å². The molecule has 0 aromatic rings. The molecule has 0 bridgehead atoms. The summed E-state index contributed by atoms with van der Waals surface area (Å²) in [5, 5.41) is 0. The van der Waals surface area contributed by atoms with Crippen molar-refractivity contribution in [2.45, 2.75) is 47.3 Å². The normalized spacial score (nSPS) is 12.0. The molecule has 0 saturated heterocycles. The monoisotopic (exact) mass is 219 g/mol. The number of rotatable bonds is 4. The Morgan fingerprint density at radius 3 is 0.929 bits per heavy atom. The molecule has 0 saturated carbocycles. The van der Waals surface area contributed by atoms with Gasteiger partial charge in [-0.15, -0.1) is 0 Å². The van der Waals surface area contributed by atoms with Crippen molar-refractivity contribution in [2.75, 3.05) is 26.2 Å². The zero-order valence-electron chi connectivity index (χ0n) is 11.2. The second-order valence-corrected chi connectivity index (χ2v) is 8.94. The highest BCUT2D eigenvalue weighted by atomic mass is 28.4. The Hall–Kier alpha value is 0.137. The standard InChI is InChI=1S/C8H20N.C3H9OSi/c1-5-9(6-2,7-3)8-4;1-5(2,3)4/h5-8H2,1-4H3;1-3H3/q+1;-1. The summed E-state index contributed by atoms with van der Waals surface area (Å²) in [6.07, 6.45) is 0. The van der Waals surface area contributed by atoms with Gasteiger partial charge < -0.3 is 9.28 Å². The molecule has 14 heavy (non-hydrogen) atoms. The highest BCUT2D eigenvalue weighted by molar-refractivity contribution is 6.66. The Kier molecular flexibility index (Phi) is 8.79.